The normalized spacial score (nSPS) is 13.6. The van der Waals surface area contributed by atoms with Gasteiger partial charge in [-0.15, -0.1) is 0 Å². The molecule has 0 saturated carbocycles. The van der Waals surface area contributed by atoms with E-state index in [1.54, 1.807) is 0 Å². The van der Waals surface area contributed by atoms with E-state index in [0.29, 0.717) is 0 Å². The largest absolute Gasteiger partial charge is 0.743 e. The van der Waals surface area contributed by atoms with Gasteiger partial charge in [-0.25, -0.2) is 16.8 Å². The molecular formula is C40H27F18IO6S3. The molecular weight excluding hydrogens is 1140 g/mol. The van der Waals surface area contributed by atoms with Crippen LogP contribution in [0.4, 0.5) is 79.0 Å². The summed E-state index contributed by atoms with van der Waals surface area (Å²) in [4.78, 5) is 4.07. The van der Waals surface area contributed by atoms with Gasteiger partial charge in [-0.05, 0) is 79.1 Å². The van der Waals surface area contributed by atoms with Crippen LogP contribution < -0.4 is 21.2 Å². The Balaban J connectivity index is 0.000000305. The molecule has 0 aliphatic heterocycles. The van der Waals surface area contributed by atoms with E-state index in [9.17, 15) is 105 Å². The zero-order chi connectivity index (χ0) is 52.2. The van der Waals surface area contributed by atoms with Crippen LogP contribution >= 0.6 is 0 Å². The van der Waals surface area contributed by atoms with Crippen LogP contribution in [0.5, 0.6) is 0 Å². The topological polar surface area (TPSA) is 114 Å². The summed E-state index contributed by atoms with van der Waals surface area (Å²) >= 11 is -0.122. The second kappa shape index (κ2) is 21.0. The SMILES string of the molecule is Cc1ccccc1[I+]c1ccc(Cc2ccc([S+](c3ccccc3)c3ccccc3)cc2)cc1.O=S(=O)([O-])C(F)(F)C(F)(F)C(F)(F)C(F)(F)F.O=S(=O)([O-])C(F)(F)C(F)(F)C(F)(F)C(F)(F)F. The standard InChI is InChI=1S/C32H27IS.2C4HF9O3S/c1-25-10-8-9-15-32(25)33-28-20-16-26(17-21-28)24-27-18-22-31(23-19-27)34(29-11-4-2-5-12-29)30-13-6-3-7-14-30;2*5-1(6,3(9,10)11)2(7,8)4(12,13)17(14,15)16/h2-23H,24H2,1H3;2*(H,14,15,16)/q+2;;/p-2. The second-order valence-electron chi connectivity index (χ2n) is 13.5. The van der Waals surface area contributed by atoms with Gasteiger partial charge in [-0.3, -0.25) is 0 Å². The minimum atomic E-state index is -7.43. The first kappa shape index (κ1) is 58.1. The predicted molar refractivity (Wildman–Crippen MR) is 200 cm³/mol. The fourth-order valence-corrected chi connectivity index (χ4v) is 10.3. The van der Waals surface area contributed by atoms with Crippen LogP contribution in [-0.2, 0) is 37.6 Å². The number of rotatable bonds is 13. The quantitative estimate of drug-likeness (QED) is 0.0505. The summed E-state index contributed by atoms with van der Waals surface area (Å²) in [6.07, 6.45) is -13.4. The fourth-order valence-electron chi connectivity index (χ4n) is 4.98. The third-order valence-electron chi connectivity index (χ3n) is 8.59. The number of benzene rings is 5. The van der Waals surface area contributed by atoms with Gasteiger partial charge in [0.1, 0.15) is 0 Å². The van der Waals surface area contributed by atoms with Gasteiger partial charge < -0.3 is 9.11 Å². The summed E-state index contributed by atoms with van der Waals surface area (Å²) in [6, 6.07) is 49.0. The summed E-state index contributed by atoms with van der Waals surface area (Å²) in [5.74, 6) is -29.6. The van der Waals surface area contributed by atoms with E-state index in [4.69, 9.17) is 0 Å². The smallest absolute Gasteiger partial charge is 0.460 e. The zero-order valence-electron chi connectivity index (χ0n) is 33.3. The van der Waals surface area contributed by atoms with Crippen molar-refractivity contribution >= 4 is 31.1 Å². The molecule has 5 aromatic rings. The van der Waals surface area contributed by atoms with E-state index < -0.39 is 66.8 Å². The van der Waals surface area contributed by atoms with Gasteiger partial charge in [0.25, 0.3) is 0 Å². The molecule has 0 unspecified atom stereocenters. The van der Waals surface area contributed by atoms with Crippen molar-refractivity contribution in [2.45, 2.75) is 74.6 Å². The van der Waals surface area contributed by atoms with Gasteiger partial charge in [0.15, 0.2) is 42.1 Å². The highest BCUT2D eigenvalue weighted by Crippen LogP contribution is 2.55. The first-order valence-electron chi connectivity index (χ1n) is 17.8. The Bertz CT molecular complexity index is 2550. The summed E-state index contributed by atoms with van der Waals surface area (Å²) in [5, 5.41) is -14.2. The van der Waals surface area contributed by atoms with Crippen molar-refractivity contribution in [3.63, 3.8) is 0 Å². The lowest BCUT2D eigenvalue weighted by molar-refractivity contribution is -0.598. The van der Waals surface area contributed by atoms with E-state index in [1.165, 1.54) is 38.5 Å². The maximum Gasteiger partial charge on any atom is 0.460 e. The van der Waals surface area contributed by atoms with Gasteiger partial charge in [-0.1, -0.05) is 78.9 Å². The van der Waals surface area contributed by atoms with Crippen molar-refractivity contribution in [3.8, 4) is 0 Å². The average molecular weight is 1170 g/mol. The maximum atomic E-state index is 12.2. The third kappa shape index (κ3) is 12.5. The molecule has 0 bridgehead atoms. The minimum absolute atomic E-state index is 0.0904. The molecule has 0 saturated heterocycles. The summed E-state index contributed by atoms with van der Waals surface area (Å²) in [6.45, 7) is 2.22. The van der Waals surface area contributed by atoms with Crippen molar-refractivity contribution in [1.29, 1.82) is 0 Å². The molecule has 0 aliphatic rings. The molecule has 5 aromatic carbocycles. The third-order valence-corrected chi connectivity index (χ3v) is 15.7. The summed E-state index contributed by atoms with van der Waals surface area (Å²) < 4.78 is 274. The van der Waals surface area contributed by atoms with Crippen molar-refractivity contribution in [3.05, 3.63) is 157 Å². The Morgan fingerprint density at radius 3 is 1.06 bits per heavy atom. The first-order valence-corrected chi connectivity index (χ1v) is 24.0. The van der Waals surface area contributed by atoms with Gasteiger partial charge in [0, 0.05) is 5.56 Å². The molecule has 0 fully saturated rings. The molecule has 0 N–H and O–H groups in total. The Hall–Kier alpha value is -4.26. The predicted octanol–water partition coefficient (Wildman–Crippen LogP) is 8.72. The van der Waals surface area contributed by atoms with Crippen molar-refractivity contribution in [2.75, 3.05) is 0 Å². The zero-order valence-corrected chi connectivity index (χ0v) is 37.9. The molecule has 5 rings (SSSR count). The molecule has 0 aromatic heterocycles. The van der Waals surface area contributed by atoms with Crippen molar-refractivity contribution in [2.24, 2.45) is 0 Å². The Labute approximate surface area is 387 Å². The number of hydrogen-bond acceptors (Lipinski definition) is 6. The van der Waals surface area contributed by atoms with Crippen LogP contribution in [0.1, 0.15) is 16.7 Å². The van der Waals surface area contributed by atoms with E-state index in [1.807, 2.05) is 0 Å². The Kier molecular flexibility index (Phi) is 17.9. The number of alkyl halides is 18. The van der Waals surface area contributed by atoms with E-state index in [2.05, 4.69) is 140 Å². The van der Waals surface area contributed by atoms with Crippen LogP contribution in [0, 0.1) is 14.1 Å². The Morgan fingerprint density at radius 2 is 0.735 bits per heavy atom. The summed E-state index contributed by atoms with van der Waals surface area (Å²) in [5.41, 5.74) is 4.13. The molecule has 28 heteroatoms. The van der Waals surface area contributed by atoms with Crippen LogP contribution in [0.2, 0.25) is 0 Å². The van der Waals surface area contributed by atoms with Gasteiger partial charge in [-0.2, -0.15) is 79.0 Å². The number of aryl methyl sites for hydroxylation is 1. The Morgan fingerprint density at radius 1 is 0.426 bits per heavy atom. The first-order chi connectivity index (χ1) is 30.8. The lowest BCUT2D eigenvalue weighted by Gasteiger charge is -2.34. The van der Waals surface area contributed by atoms with Gasteiger partial charge in [0.2, 0.25) is 0 Å². The molecule has 0 radical (unpaired) electrons. The molecule has 0 aliphatic carbocycles. The van der Waals surface area contributed by atoms with Crippen molar-refractivity contribution < 1.29 is 126 Å². The number of halogens is 19. The average Bonchev–Trinajstić information content (AvgIpc) is 3.22. The molecule has 68 heavy (non-hydrogen) atoms. The fraction of sp³-hybridized carbons (Fsp3) is 0.250. The molecule has 0 spiro atoms. The molecule has 374 valence electrons. The lowest BCUT2D eigenvalue weighted by atomic mass is 10.1. The molecule has 0 heterocycles. The van der Waals surface area contributed by atoms with E-state index in [0.717, 1.165) is 6.42 Å². The minimum Gasteiger partial charge on any atom is -0.743 e. The van der Waals surface area contributed by atoms with Crippen LogP contribution in [-0.4, -0.2) is 72.5 Å². The van der Waals surface area contributed by atoms with Crippen molar-refractivity contribution in [1.82, 2.24) is 0 Å². The highest BCUT2D eigenvalue weighted by Gasteiger charge is 2.85. The molecule has 6 nitrogen and oxygen atoms in total. The lowest BCUT2D eigenvalue weighted by Crippen LogP contribution is -3.61. The highest BCUT2D eigenvalue weighted by molar-refractivity contribution is 7.97. The second-order valence-corrected chi connectivity index (χ2v) is 21.3. The highest BCUT2D eigenvalue weighted by atomic mass is 127. The van der Waals surface area contributed by atoms with E-state index >= 15 is 0 Å². The molecule has 0 atom stereocenters. The van der Waals surface area contributed by atoms with Gasteiger partial charge in [0.05, 0.1) is 10.9 Å². The maximum absolute atomic E-state index is 12.2. The monoisotopic (exact) mass is 1170 g/mol. The van der Waals surface area contributed by atoms with Crippen LogP contribution in [0.15, 0.2) is 148 Å². The summed E-state index contributed by atoms with van der Waals surface area (Å²) in [7, 11) is -14.9. The molecule has 0 amide bonds. The van der Waals surface area contributed by atoms with Crippen LogP contribution in [0.3, 0.4) is 0 Å². The van der Waals surface area contributed by atoms with Crippen LogP contribution in [0.25, 0.3) is 0 Å². The van der Waals surface area contributed by atoms with E-state index in [-0.39, 0.29) is 32.1 Å². The number of hydrogen-bond donors (Lipinski definition) is 0. The van der Waals surface area contributed by atoms with Gasteiger partial charge >= 0.3 is 67.8 Å².